The molecule has 0 aromatic heterocycles. The highest BCUT2D eigenvalue weighted by Gasteiger charge is 2.10. The number of hydrogen-bond donors (Lipinski definition) is 0. The number of carbonyl (C=O) groups excluding carboxylic acids is 1. The van der Waals surface area contributed by atoms with Crippen LogP contribution in [0.25, 0.3) is 0 Å². The van der Waals surface area contributed by atoms with Gasteiger partial charge in [-0.25, -0.2) is 0 Å². The molecule has 2 rings (SSSR count). The summed E-state index contributed by atoms with van der Waals surface area (Å²) in [7, 11) is 1.44. The number of ether oxygens (including phenoxy) is 1. The smallest absolute Gasteiger partial charge is 0.305 e. The topological polar surface area (TPSA) is 26.3 Å². The van der Waals surface area contributed by atoms with Crippen molar-refractivity contribution in [2.45, 2.75) is 37.0 Å². The molecule has 0 bridgehead atoms. The lowest BCUT2D eigenvalue weighted by atomic mass is 10.0. The molecule has 0 unspecified atom stereocenters. The SMILES string of the molecule is COC(=O)CCCc1ccc2c(c1)CCCS2. The van der Waals surface area contributed by atoms with Gasteiger partial charge in [0.25, 0.3) is 0 Å². The maximum absolute atomic E-state index is 11.0. The summed E-state index contributed by atoms with van der Waals surface area (Å²) in [6.07, 6.45) is 4.84. The van der Waals surface area contributed by atoms with Gasteiger partial charge in [-0.1, -0.05) is 12.1 Å². The normalized spacial score (nSPS) is 14.2. The lowest BCUT2D eigenvalue weighted by Crippen LogP contribution is -2.02. The van der Waals surface area contributed by atoms with Crippen molar-refractivity contribution >= 4 is 17.7 Å². The fourth-order valence-corrected chi connectivity index (χ4v) is 3.13. The molecule has 0 spiro atoms. The third-order valence-corrected chi connectivity index (χ3v) is 4.25. The molecule has 2 nitrogen and oxygen atoms in total. The Bertz CT molecular complexity index is 401. The molecule has 1 heterocycles. The molecular weight excluding hydrogens is 232 g/mol. The number of esters is 1. The molecule has 0 radical (unpaired) electrons. The van der Waals surface area contributed by atoms with E-state index in [0.29, 0.717) is 6.42 Å². The highest BCUT2D eigenvalue weighted by atomic mass is 32.2. The van der Waals surface area contributed by atoms with E-state index in [2.05, 4.69) is 22.9 Å². The average molecular weight is 250 g/mol. The van der Waals surface area contributed by atoms with Crippen molar-refractivity contribution in [3.05, 3.63) is 29.3 Å². The van der Waals surface area contributed by atoms with Gasteiger partial charge in [0.15, 0.2) is 0 Å². The van der Waals surface area contributed by atoms with Gasteiger partial charge in [-0.2, -0.15) is 0 Å². The van der Waals surface area contributed by atoms with Crippen LogP contribution in [0.1, 0.15) is 30.4 Å². The van der Waals surface area contributed by atoms with Crippen molar-refractivity contribution in [2.24, 2.45) is 0 Å². The first kappa shape index (κ1) is 12.5. The summed E-state index contributed by atoms with van der Waals surface area (Å²) in [6.45, 7) is 0. The average Bonchev–Trinajstić information content (AvgIpc) is 2.38. The number of methoxy groups -OCH3 is 1. The minimum absolute atomic E-state index is 0.112. The fourth-order valence-electron chi connectivity index (χ4n) is 2.11. The summed E-state index contributed by atoms with van der Waals surface area (Å²) in [5, 5.41) is 0. The molecule has 0 atom stereocenters. The molecule has 1 aromatic rings. The zero-order chi connectivity index (χ0) is 12.1. The van der Waals surface area contributed by atoms with Crippen LogP contribution in [0.5, 0.6) is 0 Å². The summed E-state index contributed by atoms with van der Waals surface area (Å²) in [4.78, 5) is 12.4. The molecule has 0 saturated carbocycles. The fraction of sp³-hybridized carbons (Fsp3) is 0.500. The summed E-state index contributed by atoms with van der Waals surface area (Å²) in [6, 6.07) is 6.72. The van der Waals surface area contributed by atoms with E-state index in [1.807, 2.05) is 11.8 Å². The van der Waals surface area contributed by atoms with Crippen molar-refractivity contribution in [1.29, 1.82) is 0 Å². The Morgan fingerprint density at radius 1 is 1.47 bits per heavy atom. The molecule has 17 heavy (non-hydrogen) atoms. The van der Waals surface area contributed by atoms with Gasteiger partial charge in [-0.3, -0.25) is 4.79 Å². The first-order valence-corrected chi connectivity index (χ1v) is 7.09. The third kappa shape index (κ3) is 3.50. The lowest BCUT2D eigenvalue weighted by molar-refractivity contribution is -0.140. The van der Waals surface area contributed by atoms with E-state index in [4.69, 9.17) is 0 Å². The number of rotatable bonds is 4. The third-order valence-electron chi connectivity index (χ3n) is 3.05. The van der Waals surface area contributed by atoms with E-state index in [1.54, 1.807) is 0 Å². The van der Waals surface area contributed by atoms with Crippen LogP contribution >= 0.6 is 11.8 Å². The first-order chi connectivity index (χ1) is 8.29. The van der Waals surface area contributed by atoms with Crippen molar-refractivity contribution in [3.63, 3.8) is 0 Å². The van der Waals surface area contributed by atoms with Gasteiger partial charge in [-0.05, 0) is 48.6 Å². The summed E-state index contributed by atoms with van der Waals surface area (Å²) in [5.74, 6) is 1.13. The largest absolute Gasteiger partial charge is 0.469 e. The number of fused-ring (bicyclic) bond motifs is 1. The second kappa shape index (κ2) is 6.10. The van der Waals surface area contributed by atoms with Crippen LogP contribution in [0.15, 0.2) is 23.1 Å². The lowest BCUT2D eigenvalue weighted by Gasteiger charge is -2.15. The van der Waals surface area contributed by atoms with Gasteiger partial charge in [-0.15, -0.1) is 11.8 Å². The van der Waals surface area contributed by atoms with Crippen molar-refractivity contribution in [2.75, 3.05) is 12.9 Å². The van der Waals surface area contributed by atoms with Crippen LogP contribution in [-0.2, 0) is 22.4 Å². The maximum atomic E-state index is 11.0. The van der Waals surface area contributed by atoms with E-state index < -0.39 is 0 Å². The van der Waals surface area contributed by atoms with E-state index in [0.717, 1.165) is 12.8 Å². The molecule has 1 aliphatic rings. The summed E-state index contributed by atoms with van der Waals surface area (Å²) < 4.78 is 4.64. The predicted octanol–water partition coefficient (Wildman–Crippen LogP) is 3.22. The van der Waals surface area contributed by atoms with Gasteiger partial charge in [0, 0.05) is 11.3 Å². The number of carbonyl (C=O) groups is 1. The zero-order valence-electron chi connectivity index (χ0n) is 10.2. The molecule has 0 aliphatic carbocycles. The molecule has 92 valence electrons. The van der Waals surface area contributed by atoms with Gasteiger partial charge < -0.3 is 4.74 Å². The second-order valence-corrected chi connectivity index (χ2v) is 5.46. The molecule has 1 aliphatic heterocycles. The molecule has 0 amide bonds. The van der Waals surface area contributed by atoms with Crippen LogP contribution in [0.4, 0.5) is 0 Å². The standard InChI is InChI=1S/C14H18O2S/c1-16-14(15)6-2-4-11-7-8-13-12(10-11)5-3-9-17-13/h7-8,10H,2-6,9H2,1H3. The van der Waals surface area contributed by atoms with Crippen molar-refractivity contribution < 1.29 is 9.53 Å². The number of benzene rings is 1. The quantitative estimate of drug-likeness (QED) is 0.767. The van der Waals surface area contributed by atoms with Gasteiger partial charge in [0.2, 0.25) is 0 Å². The molecule has 0 N–H and O–H groups in total. The highest BCUT2D eigenvalue weighted by molar-refractivity contribution is 7.99. The number of aryl methyl sites for hydroxylation is 2. The summed E-state index contributed by atoms with van der Waals surface area (Å²) >= 11 is 1.96. The first-order valence-electron chi connectivity index (χ1n) is 6.11. The van der Waals surface area contributed by atoms with Crippen LogP contribution in [-0.4, -0.2) is 18.8 Å². The second-order valence-electron chi connectivity index (χ2n) is 4.32. The van der Waals surface area contributed by atoms with E-state index in [1.165, 1.54) is 41.7 Å². The van der Waals surface area contributed by atoms with Crippen LogP contribution in [0, 0.1) is 0 Å². The molecule has 0 saturated heterocycles. The summed E-state index contributed by atoms with van der Waals surface area (Å²) in [5.41, 5.74) is 2.83. The predicted molar refractivity (Wildman–Crippen MR) is 70.4 cm³/mol. The van der Waals surface area contributed by atoms with Gasteiger partial charge >= 0.3 is 5.97 Å². The maximum Gasteiger partial charge on any atom is 0.305 e. The van der Waals surface area contributed by atoms with E-state index >= 15 is 0 Å². The van der Waals surface area contributed by atoms with Crippen molar-refractivity contribution in [1.82, 2.24) is 0 Å². The molecule has 0 fully saturated rings. The Hall–Kier alpha value is -0.960. The van der Waals surface area contributed by atoms with Crippen LogP contribution in [0.3, 0.4) is 0 Å². The minimum atomic E-state index is -0.112. The van der Waals surface area contributed by atoms with E-state index in [-0.39, 0.29) is 5.97 Å². The monoisotopic (exact) mass is 250 g/mol. The Morgan fingerprint density at radius 3 is 3.18 bits per heavy atom. The Kier molecular flexibility index (Phi) is 4.49. The van der Waals surface area contributed by atoms with Crippen LogP contribution < -0.4 is 0 Å². The Morgan fingerprint density at radius 2 is 2.35 bits per heavy atom. The van der Waals surface area contributed by atoms with Gasteiger partial charge in [0.05, 0.1) is 7.11 Å². The van der Waals surface area contributed by atoms with E-state index in [9.17, 15) is 4.79 Å². The van der Waals surface area contributed by atoms with Gasteiger partial charge in [0.1, 0.15) is 0 Å². The Labute approximate surface area is 107 Å². The zero-order valence-corrected chi connectivity index (χ0v) is 11.0. The number of hydrogen-bond acceptors (Lipinski definition) is 3. The molecule has 1 aromatic carbocycles. The molecule has 3 heteroatoms. The van der Waals surface area contributed by atoms with Crippen molar-refractivity contribution in [3.8, 4) is 0 Å². The Balaban J connectivity index is 1.91. The number of thioether (sulfide) groups is 1. The molecular formula is C14H18O2S. The highest BCUT2D eigenvalue weighted by Crippen LogP contribution is 2.30. The van der Waals surface area contributed by atoms with Crippen LogP contribution in [0.2, 0.25) is 0 Å². The minimum Gasteiger partial charge on any atom is -0.469 e.